The topological polar surface area (TPSA) is 26.0 Å². The van der Waals surface area contributed by atoms with Gasteiger partial charge in [0, 0.05) is 10.5 Å². The van der Waals surface area contributed by atoms with E-state index in [1.165, 1.54) is 6.07 Å². The molecule has 0 aliphatic heterocycles. The monoisotopic (exact) mass is 267 g/mol. The minimum atomic E-state index is -0.185. The zero-order chi connectivity index (χ0) is 9.14. The molecular weight excluding hydrogens is 256 g/mol. The van der Waals surface area contributed by atoms with Gasteiger partial charge in [-0.05, 0) is 37.1 Å². The molecule has 13 heavy (non-hydrogen) atoms. The molecule has 0 saturated heterocycles. The number of benzene rings is 1. The Morgan fingerprint density at radius 3 is 2.69 bits per heavy atom. The Balaban J connectivity index is 0.00000144. The van der Waals surface area contributed by atoms with Crippen molar-refractivity contribution in [3.8, 4) is 0 Å². The molecule has 0 fully saturated rings. The third-order valence-corrected chi connectivity index (χ3v) is 2.04. The van der Waals surface area contributed by atoms with Gasteiger partial charge in [-0.1, -0.05) is 15.9 Å². The van der Waals surface area contributed by atoms with E-state index < -0.39 is 0 Å². The molecule has 1 aromatic rings. The SMILES string of the molecule is CC(N)Cc1cc(Br)ccc1F.Cl. The first-order chi connectivity index (χ1) is 5.59. The summed E-state index contributed by atoms with van der Waals surface area (Å²) in [6.07, 6.45) is 0.575. The molecule has 2 N–H and O–H groups in total. The Labute approximate surface area is 92.1 Å². The molecule has 1 aromatic carbocycles. The first kappa shape index (κ1) is 12.9. The van der Waals surface area contributed by atoms with Crippen molar-refractivity contribution in [2.75, 3.05) is 0 Å². The van der Waals surface area contributed by atoms with Crippen molar-refractivity contribution < 1.29 is 4.39 Å². The molecule has 1 unspecified atom stereocenters. The van der Waals surface area contributed by atoms with Crippen molar-refractivity contribution in [2.24, 2.45) is 5.73 Å². The number of hydrogen-bond acceptors (Lipinski definition) is 1. The van der Waals surface area contributed by atoms with Crippen LogP contribution in [0.25, 0.3) is 0 Å². The molecule has 0 spiro atoms. The minimum absolute atomic E-state index is 0. The molecule has 0 bridgehead atoms. The van der Waals surface area contributed by atoms with Crippen LogP contribution in [-0.2, 0) is 6.42 Å². The van der Waals surface area contributed by atoms with Gasteiger partial charge in [0.05, 0.1) is 0 Å². The Kier molecular flexibility index (Phi) is 5.53. The maximum atomic E-state index is 13.1. The molecule has 1 atom stereocenters. The van der Waals surface area contributed by atoms with Crippen molar-refractivity contribution in [1.29, 1.82) is 0 Å². The zero-order valence-electron chi connectivity index (χ0n) is 7.26. The van der Waals surface area contributed by atoms with E-state index in [-0.39, 0.29) is 24.3 Å². The first-order valence-corrected chi connectivity index (χ1v) is 4.58. The van der Waals surface area contributed by atoms with Gasteiger partial charge in [0.15, 0.2) is 0 Å². The summed E-state index contributed by atoms with van der Waals surface area (Å²) >= 11 is 3.28. The second-order valence-electron chi connectivity index (χ2n) is 2.92. The first-order valence-electron chi connectivity index (χ1n) is 3.79. The van der Waals surface area contributed by atoms with Crippen molar-refractivity contribution in [2.45, 2.75) is 19.4 Å². The average molecular weight is 269 g/mol. The number of hydrogen-bond donors (Lipinski definition) is 1. The standard InChI is InChI=1S/C9H11BrFN.ClH/c1-6(12)4-7-5-8(10)2-3-9(7)11;/h2-3,5-6H,4,12H2,1H3;1H. The molecular formula is C9H12BrClFN. The summed E-state index contributed by atoms with van der Waals surface area (Å²) in [4.78, 5) is 0. The molecule has 0 saturated carbocycles. The van der Waals surface area contributed by atoms with Crippen molar-refractivity contribution >= 4 is 28.3 Å². The van der Waals surface area contributed by atoms with Crippen LogP contribution >= 0.6 is 28.3 Å². The van der Waals surface area contributed by atoms with Gasteiger partial charge >= 0.3 is 0 Å². The van der Waals surface area contributed by atoms with Crippen LogP contribution in [0.4, 0.5) is 4.39 Å². The maximum Gasteiger partial charge on any atom is 0.126 e. The molecule has 0 radical (unpaired) electrons. The van der Waals surface area contributed by atoms with Crippen LogP contribution in [0.3, 0.4) is 0 Å². The van der Waals surface area contributed by atoms with Gasteiger partial charge < -0.3 is 5.73 Å². The van der Waals surface area contributed by atoms with Crippen LogP contribution in [-0.4, -0.2) is 6.04 Å². The molecule has 0 aliphatic rings. The molecule has 0 heterocycles. The summed E-state index contributed by atoms with van der Waals surface area (Å²) in [6, 6.07) is 4.88. The highest BCUT2D eigenvalue weighted by Gasteiger charge is 2.04. The second-order valence-corrected chi connectivity index (χ2v) is 3.83. The van der Waals surface area contributed by atoms with Gasteiger partial charge in [-0.2, -0.15) is 0 Å². The van der Waals surface area contributed by atoms with E-state index in [0.717, 1.165) is 4.47 Å². The normalized spacial score (nSPS) is 12.0. The van der Waals surface area contributed by atoms with Crippen molar-refractivity contribution in [1.82, 2.24) is 0 Å². The van der Waals surface area contributed by atoms with Crippen LogP contribution in [0, 0.1) is 5.82 Å². The van der Waals surface area contributed by atoms with E-state index >= 15 is 0 Å². The number of rotatable bonds is 2. The molecule has 74 valence electrons. The van der Waals surface area contributed by atoms with Gasteiger partial charge in [-0.25, -0.2) is 4.39 Å². The lowest BCUT2D eigenvalue weighted by Gasteiger charge is -2.06. The predicted molar refractivity (Wildman–Crippen MR) is 58.7 cm³/mol. The number of halogens is 3. The largest absolute Gasteiger partial charge is 0.328 e. The molecule has 0 aliphatic carbocycles. The fourth-order valence-corrected chi connectivity index (χ4v) is 1.46. The molecule has 0 aromatic heterocycles. The summed E-state index contributed by atoms with van der Waals surface area (Å²) in [5.41, 5.74) is 6.23. The highest BCUT2D eigenvalue weighted by molar-refractivity contribution is 9.10. The van der Waals surface area contributed by atoms with Gasteiger partial charge in [0.25, 0.3) is 0 Å². The fourth-order valence-electron chi connectivity index (χ4n) is 1.05. The quantitative estimate of drug-likeness (QED) is 0.877. The van der Waals surface area contributed by atoms with E-state index in [1.54, 1.807) is 12.1 Å². The fraction of sp³-hybridized carbons (Fsp3) is 0.333. The Morgan fingerprint density at radius 1 is 1.54 bits per heavy atom. The average Bonchev–Trinajstić information content (AvgIpc) is 1.96. The van der Waals surface area contributed by atoms with Crippen molar-refractivity contribution in [3.63, 3.8) is 0 Å². The van der Waals surface area contributed by atoms with Crippen LogP contribution in [0.2, 0.25) is 0 Å². The summed E-state index contributed by atoms with van der Waals surface area (Å²) < 4.78 is 13.9. The van der Waals surface area contributed by atoms with E-state index in [1.807, 2.05) is 6.92 Å². The van der Waals surface area contributed by atoms with E-state index in [9.17, 15) is 4.39 Å². The van der Waals surface area contributed by atoms with Crippen molar-refractivity contribution in [3.05, 3.63) is 34.1 Å². The van der Waals surface area contributed by atoms with E-state index in [0.29, 0.717) is 12.0 Å². The smallest absolute Gasteiger partial charge is 0.126 e. The predicted octanol–water partition coefficient (Wildman–Crippen LogP) is 2.90. The molecule has 1 nitrogen and oxygen atoms in total. The van der Waals surface area contributed by atoms with Gasteiger partial charge in [0.1, 0.15) is 5.82 Å². The van der Waals surface area contributed by atoms with Gasteiger partial charge in [-0.3, -0.25) is 0 Å². The van der Waals surface area contributed by atoms with Crippen LogP contribution in [0.15, 0.2) is 22.7 Å². The summed E-state index contributed by atoms with van der Waals surface area (Å²) in [7, 11) is 0. The van der Waals surface area contributed by atoms with Crippen LogP contribution in [0.5, 0.6) is 0 Å². The van der Waals surface area contributed by atoms with Gasteiger partial charge in [-0.15, -0.1) is 12.4 Å². The zero-order valence-corrected chi connectivity index (χ0v) is 9.66. The Morgan fingerprint density at radius 2 is 2.15 bits per heavy atom. The summed E-state index contributed by atoms with van der Waals surface area (Å²) in [6.45, 7) is 1.86. The minimum Gasteiger partial charge on any atom is -0.328 e. The maximum absolute atomic E-state index is 13.1. The molecule has 4 heteroatoms. The lowest BCUT2D eigenvalue weighted by atomic mass is 10.1. The number of nitrogens with two attached hydrogens (primary N) is 1. The summed E-state index contributed by atoms with van der Waals surface area (Å²) in [5.74, 6) is -0.185. The lowest BCUT2D eigenvalue weighted by Crippen LogP contribution is -2.18. The van der Waals surface area contributed by atoms with Gasteiger partial charge in [0.2, 0.25) is 0 Å². The summed E-state index contributed by atoms with van der Waals surface area (Å²) in [5, 5.41) is 0. The molecule has 0 amide bonds. The van der Waals surface area contributed by atoms with Crippen LogP contribution < -0.4 is 5.73 Å². The Hall–Kier alpha value is -0.120. The third-order valence-electron chi connectivity index (χ3n) is 1.55. The van der Waals surface area contributed by atoms with E-state index in [2.05, 4.69) is 15.9 Å². The highest BCUT2D eigenvalue weighted by Crippen LogP contribution is 2.16. The molecule has 1 rings (SSSR count). The third kappa shape index (κ3) is 4.07. The second kappa shape index (κ2) is 5.58. The van der Waals surface area contributed by atoms with Crippen LogP contribution in [0.1, 0.15) is 12.5 Å². The Bertz CT molecular complexity index is 278. The highest BCUT2D eigenvalue weighted by atomic mass is 79.9. The lowest BCUT2D eigenvalue weighted by molar-refractivity contribution is 0.595. The van der Waals surface area contributed by atoms with E-state index in [4.69, 9.17) is 5.73 Å².